The van der Waals surface area contributed by atoms with Crippen LogP contribution in [0.15, 0.2) is 60.0 Å². The van der Waals surface area contributed by atoms with E-state index in [-0.39, 0.29) is 30.0 Å². The van der Waals surface area contributed by atoms with Gasteiger partial charge >= 0.3 is 0 Å². The maximum atomic E-state index is 9.82. The highest BCUT2D eigenvalue weighted by Gasteiger charge is 2.49. The number of allylic oxidation sites excluding steroid dienone is 1. The molecule has 2 aliphatic heterocycles. The molecule has 7 heteroatoms. The number of anilines is 1. The third-order valence-electron chi connectivity index (χ3n) is 5.46. The summed E-state index contributed by atoms with van der Waals surface area (Å²) in [6.45, 7) is 0. The number of nitrogens with two attached hydrogens (primary N) is 1. The highest BCUT2D eigenvalue weighted by molar-refractivity contribution is 6.31. The van der Waals surface area contributed by atoms with Gasteiger partial charge in [0.2, 0.25) is 5.88 Å². The van der Waals surface area contributed by atoms with E-state index in [9.17, 15) is 5.26 Å². The van der Waals surface area contributed by atoms with Gasteiger partial charge in [-0.2, -0.15) is 5.26 Å². The lowest BCUT2D eigenvalue weighted by molar-refractivity contribution is 0.0341. The minimum Gasteiger partial charge on any atom is -0.458 e. The van der Waals surface area contributed by atoms with E-state index in [2.05, 4.69) is 29.1 Å². The fraction of sp³-hybridized carbons (Fsp3) is 0.286. The lowest BCUT2D eigenvalue weighted by atomic mass is 9.74. The van der Waals surface area contributed by atoms with Crippen molar-refractivity contribution in [3.8, 4) is 6.07 Å². The Morgan fingerprint density at radius 3 is 2.46 bits per heavy atom. The number of hydrazine groups is 1. The molecular weight excluding hydrogens is 374 g/mol. The van der Waals surface area contributed by atoms with Crippen LogP contribution in [0.4, 0.5) is 5.69 Å². The summed E-state index contributed by atoms with van der Waals surface area (Å²) in [6.07, 6.45) is -0.364. The van der Waals surface area contributed by atoms with Gasteiger partial charge in [-0.05, 0) is 29.3 Å². The summed E-state index contributed by atoms with van der Waals surface area (Å²) in [4.78, 5) is 2.04. The molecule has 1 saturated heterocycles. The largest absolute Gasteiger partial charge is 0.458 e. The minimum absolute atomic E-state index is 0.0907. The standard InChI is InChI=1S/C21H22ClN5O/c1-27(2)13-9-7-12(8-10-13)17-15(11-23)20(24)28-21-18(17)19(25-26-21)14-5-3-4-6-16(14)22/h3-10,17-19,21,25-26H,24H2,1-2H3. The predicted octanol–water partition coefficient (Wildman–Crippen LogP) is 3.01. The number of halogens is 1. The van der Waals surface area contributed by atoms with Crippen molar-refractivity contribution in [3.05, 3.63) is 76.1 Å². The van der Waals surface area contributed by atoms with Gasteiger partial charge in [0.1, 0.15) is 6.07 Å². The Hall–Kier alpha value is -2.72. The van der Waals surface area contributed by atoms with Crippen LogP contribution in [0, 0.1) is 17.2 Å². The molecule has 0 spiro atoms. The number of nitriles is 1. The monoisotopic (exact) mass is 395 g/mol. The number of nitrogens with one attached hydrogen (secondary N) is 2. The first-order valence-electron chi connectivity index (χ1n) is 9.10. The zero-order valence-corrected chi connectivity index (χ0v) is 16.4. The lowest BCUT2D eigenvalue weighted by Crippen LogP contribution is -2.41. The van der Waals surface area contributed by atoms with Gasteiger partial charge in [-0.3, -0.25) is 0 Å². The van der Waals surface area contributed by atoms with E-state index in [4.69, 9.17) is 22.1 Å². The summed E-state index contributed by atoms with van der Waals surface area (Å²) in [5.74, 6) is -0.143. The molecule has 0 bridgehead atoms. The zero-order valence-electron chi connectivity index (χ0n) is 15.7. The van der Waals surface area contributed by atoms with E-state index in [1.54, 1.807) is 0 Å². The first-order chi connectivity index (χ1) is 13.5. The molecule has 2 aromatic rings. The summed E-state index contributed by atoms with van der Waals surface area (Å²) in [6, 6.07) is 18.0. The average Bonchev–Trinajstić information content (AvgIpc) is 3.10. The molecule has 2 heterocycles. The molecule has 28 heavy (non-hydrogen) atoms. The van der Waals surface area contributed by atoms with Crippen LogP contribution in [0.25, 0.3) is 0 Å². The van der Waals surface area contributed by atoms with Crippen molar-refractivity contribution < 1.29 is 4.74 Å². The van der Waals surface area contributed by atoms with Crippen molar-refractivity contribution in [2.75, 3.05) is 19.0 Å². The zero-order chi connectivity index (χ0) is 19.8. The van der Waals surface area contributed by atoms with Crippen LogP contribution in [0.2, 0.25) is 5.02 Å². The van der Waals surface area contributed by atoms with E-state index < -0.39 is 0 Å². The molecule has 6 nitrogen and oxygen atoms in total. The number of hydrogen-bond donors (Lipinski definition) is 3. The summed E-state index contributed by atoms with van der Waals surface area (Å²) in [5.41, 5.74) is 16.1. The molecule has 4 rings (SSSR count). The van der Waals surface area contributed by atoms with Gasteiger partial charge in [-0.15, -0.1) is 0 Å². The molecule has 4 atom stereocenters. The van der Waals surface area contributed by atoms with Gasteiger partial charge in [0.05, 0.1) is 11.6 Å². The van der Waals surface area contributed by atoms with Crippen LogP contribution in [-0.2, 0) is 4.74 Å². The van der Waals surface area contributed by atoms with Crippen LogP contribution in [0.5, 0.6) is 0 Å². The van der Waals surface area contributed by atoms with Crippen LogP contribution in [-0.4, -0.2) is 20.3 Å². The van der Waals surface area contributed by atoms with E-state index >= 15 is 0 Å². The molecule has 0 saturated carbocycles. The second-order valence-corrected chi connectivity index (χ2v) is 7.66. The Bertz CT molecular complexity index is 950. The summed E-state index contributed by atoms with van der Waals surface area (Å²) in [7, 11) is 3.99. The molecular formula is C21H22ClN5O. The van der Waals surface area contributed by atoms with Gasteiger partial charge < -0.3 is 15.4 Å². The highest BCUT2D eigenvalue weighted by atomic mass is 35.5. The second-order valence-electron chi connectivity index (χ2n) is 7.26. The molecule has 0 aromatic heterocycles. The third kappa shape index (κ3) is 3.08. The first kappa shape index (κ1) is 18.6. The van der Waals surface area contributed by atoms with Gasteiger partial charge in [-0.25, -0.2) is 10.9 Å². The average molecular weight is 396 g/mol. The number of fused-ring (bicyclic) bond motifs is 1. The molecule has 1 fully saturated rings. The van der Waals surface area contributed by atoms with Gasteiger partial charge in [0, 0.05) is 36.6 Å². The summed E-state index contributed by atoms with van der Waals surface area (Å²) >= 11 is 6.47. The van der Waals surface area contributed by atoms with E-state index in [1.165, 1.54) is 0 Å². The van der Waals surface area contributed by atoms with E-state index in [0.717, 1.165) is 16.8 Å². The quantitative estimate of drug-likeness (QED) is 0.740. The highest BCUT2D eigenvalue weighted by Crippen LogP contribution is 2.48. The fourth-order valence-electron chi connectivity index (χ4n) is 4.07. The Kier molecular flexibility index (Phi) is 4.90. The van der Waals surface area contributed by atoms with Crippen molar-refractivity contribution >= 4 is 17.3 Å². The SMILES string of the molecule is CN(C)c1ccc(C2C(C#N)=C(N)OC3NNC(c4ccccc4Cl)C32)cc1. The Balaban J connectivity index is 1.81. The number of rotatable bonds is 3. The second kappa shape index (κ2) is 7.36. The summed E-state index contributed by atoms with van der Waals surface area (Å²) < 4.78 is 5.83. The Labute approximate surface area is 169 Å². The molecule has 2 aromatic carbocycles. The summed E-state index contributed by atoms with van der Waals surface area (Å²) in [5, 5.41) is 10.5. The predicted molar refractivity (Wildman–Crippen MR) is 109 cm³/mol. The molecule has 144 valence electrons. The Morgan fingerprint density at radius 2 is 1.82 bits per heavy atom. The maximum absolute atomic E-state index is 9.82. The van der Waals surface area contributed by atoms with Gasteiger partial charge in [0.25, 0.3) is 0 Å². The topological polar surface area (TPSA) is 86.3 Å². The number of hydrogen-bond acceptors (Lipinski definition) is 6. The molecule has 0 radical (unpaired) electrons. The first-order valence-corrected chi connectivity index (χ1v) is 9.48. The lowest BCUT2D eigenvalue weighted by Gasteiger charge is -2.36. The van der Waals surface area contributed by atoms with E-state index in [0.29, 0.717) is 10.6 Å². The molecule has 0 aliphatic carbocycles. The van der Waals surface area contributed by atoms with Crippen molar-refractivity contribution in [3.63, 3.8) is 0 Å². The molecule has 4 unspecified atom stereocenters. The third-order valence-corrected chi connectivity index (χ3v) is 5.80. The smallest absolute Gasteiger partial charge is 0.200 e. The van der Waals surface area contributed by atoms with Crippen molar-refractivity contribution in [1.82, 2.24) is 10.9 Å². The van der Waals surface area contributed by atoms with Gasteiger partial charge in [0.15, 0.2) is 6.23 Å². The van der Waals surface area contributed by atoms with Crippen molar-refractivity contribution in [1.29, 1.82) is 5.26 Å². The number of benzene rings is 2. The van der Waals surface area contributed by atoms with Crippen LogP contribution >= 0.6 is 11.6 Å². The molecule has 2 aliphatic rings. The molecule has 4 N–H and O–H groups in total. The maximum Gasteiger partial charge on any atom is 0.200 e. The Morgan fingerprint density at radius 1 is 1.11 bits per heavy atom. The van der Waals surface area contributed by atoms with Crippen molar-refractivity contribution in [2.24, 2.45) is 11.7 Å². The molecule has 0 amide bonds. The normalized spacial score (nSPS) is 26.4. The van der Waals surface area contributed by atoms with Crippen LogP contribution in [0.1, 0.15) is 23.1 Å². The fourth-order valence-corrected chi connectivity index (χ4v) is 4.32. The van der Waals surface area contributed by atoms with Crippen LogP contribution < -0.4 is 21.5 Å². The van der Waals surface area contributed by atoms with Crippen molar-refractivity contribution in [2.45, 2.75) is 18.2 Å². The number of ether oxygens (including phenoxy) is 1. The van der Waals surface area contributed by atoms with Crippen LogP contribution in [0.3, 0.4) is 0 Å². The van der Waals surface area contributed by atoms with E-state index in [1.807, 2.05) is 55.4 Å². The van der Waals surface area contributed by atoms with Gasteiger partial charge in [-0.1, -0.05) is 41.9 Å². The number of nitrogens with zero attached hydrogens (tertiary/aromatic N) is 2. The minimum atomic E-state index is -0.364.